The van der Waals surface area contributed by atoms with E-state index in [-0.39, 0.29) is 11.7 Å². The Labute approximate surface area is 131 Å². The van der Waals surface area contributed by atoms with Crippen LogP contribution in [-0.4, -0.2) is 56.1 Å². The molecule has 1 N–H and O–H groups in total. The molecule has 0 saturated carbocycles. The quantitative estimate of drug-likeness (QED) is 0.869. The third kappa shape index (κ3) is 4.33. The highest BCUT2D eigenvalue weighted by Gasteiger charge is 2.19. The van der Waals surface area contributed by atoms with Gasteiger partial charge in [0.2, 0.25) is 15.9 Å². The molecule has 0 unspecified atom stereocenters. The summed E-state index contributed by atoms with van der Waals surface area (Å²) in [6.45, 7) is 6.22. The van der Waals surface area contributed by atoms with Crippen molar-refractivity contribution in [2.24, 2.45) is 0 Å². The number of nitrogens with zero attached hydrogens (tertiary/aromatic N) is 3. The fourth-order valence-electron chi connectivity index (χ4n) is 2.38. The summed E-state index contributed by atoms with van der Waals surface area (Å²) < 4.78 is 25.9. The molecule has 0 aliphatic carbocycles. The first-order valence-corrected chi connectivity index (χ1v) is 9.03. The summed E-state index contributed by atoms with van der Waals surface area (Å²) in [7, 11) is -3.29. The van der Waals surface area contributed by atoms with Crippen LogP contribution in [0.25, 0.3) is 0 Å². The Balaban J connectivity index is 1.97. The van der Waals surface area contributed by atoms with E-state index < -0.39 is 10.0 Å². The zero-order chi connectivity index (χ0) is 16.2. The first-order chi connectivity index (χ1) is 10.4. The first-order valence-electron chi connectivity index (χ1n) is 7.38. The number of nitrogens with one attached hydrogen (secondary N) is 1. The van der Waals surface area contributed by atoms with E-state index in [0.717, 1.165) is 18.9 Å². The van der Waals surface area contributed by atoms with Gasteiger partial charge in [-0.2, -0.15) is 0 Å². The zero-order valence-electron chi connectivity index (χ0n) is 12.9. The van der Waals surface area contributed by atoms with Crippen LogP contribution in [-0.2, 0) is 14.8 Å². The van der Waals surface area contributed by atoms with Crippen LogP contribution < -0.4 is 9.62 Å². The van der Waals surface area contributed by atoms with Gasteiger partial charge < -0.3 is 9.80 Å². The fourth-order valence-corrected chi connectivity index (χ4v) is 3.50. The summed E-state index contributed by atoms with van der Waals surface area (Å²) in [5.41, 5.74) is 0.472. The van der Waals surface area contributed by atoms with Crippen molar-refractivity contribution in [1.82, 2.24) is 9.88 Å². The molecule has 22 heavy (non-hydrogen) atoms. The first kappa shape index (κ1) is 16.5. The van der Waals surface area contributed by atoms with Crippen LogP contribution >= 0.6 is 0 Å². The van der Waals surface area contributed by atoms with Crippen LogP contribution in [0.3, 0.4) is 0 Å². The van der Waals surface area contributed by atoms with E-state index in [9.17, 15) is 13.2 Å². The number of piperazine rings is 1. The SMILES string of the molecule is CCCS(=O)(=O)Nc1ccc(N2CCN(C(C)=O)CC2)nc1. The van der Waals surface area contributed by atoms with Gasteiger partial charge in [-0.25, -0.2) is 13.4 Å². The van der Waals surface area contributed by atoms with Gasteiger partial charge >= 0.3 is 0 Å². The number of anilines is 2. The van der Waals surface area contributed by atoms with Gasteiger partial charge in [-0.3, -0.25) is 9.52 Å². The minimum absolute atomic E-state index is 0.0910. The summed E-state index contributed by atoms with van der Waals surface area (Å²) >= 11 is 0. The molecule has 0 bridgehead atoms. The molecule has 8 heteroatoms. The molecule has 1 aromatic heterocycles. The van der Waals surface area contributed by atoms with Crippen LogP contribution in [0, 0.1) is 0 Å². The van der Waals surface area contributed by atoms with Crippen molar-refractivity contribution >= 4 is 27.4 Å². The molecule has 122 valence electrons. The van der Waals surface area contributed by atoms with Gasteiger partial charge in [0.25, 0.3) is 0 Å². The lowest BCUT2D eigenvalue weighted by atomic mass is 10.3. The van der Waals surface area contributed by atoms with Crippen molar-refractivity contribution in [1.29, 1.82) is 0 Å². The van der Waals surface area contributed by atoms with Gasteiger partial charge in [0.1, 0.15) is 5.82 Å². The lowest BCUT2D eigenvalue weighted by Gasteiger charge is -2.34. The maximum absolute atomic E-state index is 11.7. The molecule has 0 radical (unpaired) electrons. The predicted molar refractivity (Wildman–Crippen MR) is 86.4 cm³/mol. The number of hydrogen-bond donors (Lipinski definition) is 1. The highest BCUT2D eigenvalue weighted by Crippen LogP contribution is 2.17. The van der Waals surface area contributed by atoms with Crippen LogP contribution in [0.2, 0.25) is 0 Å². The summed E-state index contributed by atoms with van der Waals surface area (Å²) in [6.07, 6.45) is 2.10. The topological polar surface area (TPSA) is 82.6 Å². The Bertz CT molecular complexity index is 607. The molecule has 2 rings (SSSR count). The van der Waals surface area contributed by atoms with Gasteiger partial charge in [0, 0.05) is 33.1 Å². The largest absolute Gasteiger partial charge is 0.353 e. The molecule has 0 spiro atoms. The van der Waals surface area contributed by atoms with E-state index in [4.69, 9.17) is 0 Å². The zero-order valence-corrected chi connectivity index (χ0v) is 13.8. The molecule has 2 heterocycles. The predicted octanol–water partition coefficient (Wildman–Crippen LogP) is 0.902. The Morgan fingerprint density at radius 1 is 1.27 bits per heavy atom. The molecule has 1 aliphatic rings. The number of rotatable bonds is 5. The van der Waals surface area contributed by atoms with Gasteiger partial charge in [0.05, 0.1) is 17.6 Å². The van der Waals surface area contributed by atoms with E-state index in [0.29, 0.717) is 25.2 Å². The third-order valence-corrected chi connectivity index (χ3v) is 5.04. The monoisotopic (exact) mass is 326 g/mol. The second-order valence-electron chi connectivity index (χ2n) is 5.32. The molecule has 1 aliphatic heterocycles. The normalized spacial score (nSPS) is 15.7. The Hall–Kier alpha value is -1.83. The molecule has 0 atom stereocenters. The summed E-state index contributed by atoms with van der Waals surface area (Å²) in [5, 5.41) is 0. The number of aromatic nitrogens is 1. The van der Waals surface area contributed by atoms with E-state index >= 15 is 0 Å². The number of pyridine rings is 1. The van der Waals surface area contributed by atoms with Crippen LogP contribution in [0.1, 0.15) is 20.3 Å². The van der Waals surface area contributed by atoms with E-state index in [1.54, 1.807) is 19.1 Å². The van der Waals surface area contributed by atoms with Crippen molar-refractivity contribution in [2.75, 3.05) is 41.6 Å². The Morgan fingerprint density at radius 2 is 1.95 bits per heavy atom. The number of hydrogen-bond acceptors (Lipinski definition) is 5. The molecule has 0 aromatic carbocycles. The molecular formula is C14H22N4O3S. The molecule has 7 nitrogen and oxygen atoms in total. The summed E-state index contributed by atoms with van der Waals surface area (Å²) in [4.78, 5) is 19.5. The van der Waals surface area contributed by atoms with Crippen LogP contribution in [0.15, 0.2) is 18.3 Å². The molecule has 1 saturated heterocycles. The lowest BCUT2D eigenvalue weighted by molar-refractivity contribution is -0.129. The standard InChI is InChI=1S/C14H22N4O3S/c1-3-10-22(20,21)16-13-4-5-14(15-11-13)18-8-6-17(7-9-18)12(2)19/h4-5,11,16H,3,6-10H2,1-2H3. The van der Waals surface area contributed by atoms with Crippen molar-refractivity contribution in [3.8, 4) is 0 Å². The second kappa shape index (κ2) is 6.95. The minimum Gasteiger partial charge on any atom is -0.353 e. The Kier molecular flexibility index (Phi) is 5.23. The van der Waals surface area contributed by atoms with Crippen LogP contribution in [0.4, 0.5) is 11.5 Å². The highest BCUT2D eigenvalue weighted by atomic mass is 32.2. The maximum atomic E-state index is 11.7. The lowest BCUT2D eigenvalue weighted by Crippen LogP contribution is -2.48. The number of sulfonamides is 1. The maximum Gasteiger partial charge on any atom is 0.232 e. The van der Waals surface area contributed by atoms with E-state index in [1.807, 2.05) is 11.8 Å². The van der Waals surface area contributed by atoms with Crippen molar-refractivity contribution in [3.63, 3.8) is 0 Å². The van der Waals surface area contributed by atoms with Gasteiger partial charge in [-0.15, -0.1) is 0 Å². The Morgan fingerprint density at radius 3 is 2.45 bits per heavy atom. The van der Waals surface area contributed by atoms with Crippen molar-refractivity contribution < 1.29 is 13.2 Å². The molecule has 1 aromatic rings. The minimum atomic E-state index is -3.29. The van der Waals surface area contributed by atoms with E-state index in [1.165, 1.54) is 6.20 Å². The average molecular weight is 326 g/mol. The molecule has 1 amide bonds. The van der Waals surface area contributed by atoms with Gasteiger partial charge in [0.15, 0.2) is 0 Å². The van der Waals surface area contributed by atoms with Gasteiger partial charge in [-0.05, 0) is 18.6 Å². The van der Waals surface area contributed by atoms with Crippen LogP contribution in [0.5, 0.6) is 0 Å². The third-order valence-electron chi connectivity index (χ3n) is 3.54. The van der Waals surface area contributed by atoms with E-state index in [2.05, 4.69) is 14.6 Å². The average Bonchev–Trinajstić information content (AvgIpc) is 2.47. The number of carbonyl (C=O) groups is 1. The molecule has 1 fully saturated rings. The molecular weight excluding hydrogens is 304 g/mol. The van der Waals surface area contributed by atoms with Gasteiger partial charge in [-0.1, -0.05) is 6.92 Å². The second-order valence-corrected chi connectivity index (χ2v) is 7.16. The summed E-state index contributed by atoms with van der Waals surface area (Å²) in [6, 6.07) is 3.51. The smallest absolute Gasteiger partial charge is 0.232 e. The van der Waals surface area contributed by atoms with Crippen molar-refractivity contribution in [3.05, 3.63) is 18.3 Å². The highest BCUT2D eigenvalue weighted by molar-refractivity contribution is 7.92. The summed E-state index contributed by atoms with van der Waals surface area (Å²) in [5.74, 6) is 0.983. The number of amides is 1. The fraction of sp³-hybridized carbons (Fsp3) is 0.571. The van der Waals surface area contributed by atoms with Crippen molar-refractivity contribution in [2.45, 2.75) is 20.3 Å². The number of carbonyl (C=O) groups excluding carboxylic acids is 1.